The average molecular weight is 180 g/mol. The van der Waals surface area contributed by atoms with E-state index < -0.39 is 0 Å². The third kappa shape index (κ3) is 5.34. The van der Waals surface area contributed by atoms with E-state index in [1.807, 2.05) is 13.0 Å². The first-order chi connectivity index (χ1) is 6.26. The molecule has 0 aliphatic rings. The van der Waals surface area contributed by atoms with Gasteiger partial charge >= 0.3 is 0 Å². The lowest BCUT2D eigenvalue weighted by molar-refractivity contribution is 0.489. The molecule has 0 aromatic rings. The highest BCUT2D eigenvalue weighted by Crippen LogP contribution is 2.16. The summed E-state index contributed by atoms with van der Waals surface area (Å²) in [7, 11) is 1.71. The molecule has 13 heavy (non-hydrogen) atoms. The lowest BCUT2D eigenvalue weighted by atomic mass is 9.96. The van der Waals surface area contributed by atoms with Crippen LogP contribution in [0.2, 0.25) is 0 Å². The number of allylic oxidation sites excluding steroid dienone is 2. The quantitative estimate of drug-likeness (QED) is 0.440. The Hall–Kier alpha value is -0.920. The Kier molecular flexibility index (Phi) is 7.17. The highest BCUT2D eigenvalue weighted by atomic mass is 15.1. The van der Waals surface area contributed by atoms with E-state index in [9.17, 15) is 0 Å². The summed E-state index contributed by atoms with van der Waals surface area (Å²) in [6.45, 7) is 7.94. The number of hydrogen-bond donors (Lipinski definition) is 0. The first-order valence-corrected chi connectivity index (χ1v) is 4.78. The second-order valence-corrected chi connectivity index (χ2v) is 3.10. The summed E-state index contributed by atoms with van der Waals surface area (Å²) in [4.78, 5) is 0. The van der Waals surface area contributed by atoms with Crippen molar-refractivity contribution in [2.24, 2.45) is 16.1 Å². The summed E-state index contributed by atoms with van der Waals surface area (Å²) in [6, 6.07) is 0.257. The maximum atomic E-state index is 4.10. The second-order valence-electron chi connectivity index (χ2n) is 3.10. The zero-order valence-corrected chi connectivity index (χ0v) is 8.90. The van der Waals surface area contributed by atoms with Gasteiger partial charge in [-0.1, -0.05) is 18.2 Å². The van der Waals surface area contributed by atoms with E-state index in [-0.39, 0.29) is 6.04 Å². The van der Waals surface area contributed by atoms with Crippen molar-refractivity contribution in [1.29, 1.82) is 0 Å². The van der Waals surface area contributed by atoms with Crippen molar-refractivity contribution < 1.29 is 0 Å². The van der Waals surface area contributed by atoms with Crippen LogP contribution >= 0.6 is 0 Å². The molecule has 0 heterocycles. The molecule has 0 radical (unpaired) electrons. The minimum atomic E-state index is 0.257. The lowest BCUT2D eigenvalue weighted by Gasteiger charge is -2.14. The van der Waals surface area contributed by atoms with Crippen LogP contribution in [0.25, 0.3) is 0 Å². The van der Waals surface area contributed by atoms with Crippen molar-refractivity contribution >= 4 is 0 Å². The number of azo groups is 1. The van der Waals surface area contributed by atoms with Crippen LogP contribution in [0.1, 0.15) is 26.7 Å². The van der Waals surface area contributed by atoms with Crippen molar-refractivity contribution in [2.45, 2.75) is 32.7 Å². The van der Waals surface area contributed by atoms with E-state index in [2.05, 4.69) is 35.9 Å². The number of rotatable bonds is 6. The van der Waals surface area contributed by atoms with E-state index in [1.54, 1.807) is 7.05 Å². The molecule has 0 rings (SSSR count). The maximum absolute atomic E-state index is 4.10. The molecular formula is C11H20N2. The molecule has 2 nitrogen and oxygen atoms in total. The van der Waals surface area contributed by atoms with Gasteiger partial charge in [-0.15, -0.1) is 6.58 Å². The SMILES string of the molecule is C=CC(CCC=CC)C(C)N=NC. The average Bonchev–Trinajstić information content (AvgIpc) is 2.13. The van der Waals surface area contributed by atoms with Crippen LogP contribution in [-0.4, -0.2) is 13.1 Å². The summed E-state index contributed by atoms with van der Waals surface area (Å²) < 4.78 is 0. The monoisotopic (exact) mass is 180 g/mol. The Balaban J connectivity index is 3.93. The Bertz CT molecular complexity index is 183. The van der Waals surface area contributed by atoms with Crippen LogP contribution in [0.4, 0.5) is 0 Å². The van der Waals surface area contributed by atoms with E-state index in [0.717, 1.165) is 12.8 Å². The van der Waals surface area contributed by atoms with Gasteiger partial charge in [0.05, 0.1) is 6.04 Å². The van der Waals surface area contributed by atoms with Gasteiger partial charge in [0.15, 0.2) is 0 Å². The van der Waals surface area contributed by atoms with Gasteiger partial charge in [0.25, 0.3) is 0 Å². The van der Waals surface area contributed by atoms with Crippen molar-refractivity contribution in [1.82, 2.24) is 0 Å². The fourth-order valence-corrected chi connectivity index (χ4v) is 1.28. The summed E-state index contributed by atoms with van der Waals surface area (Å²) in [5.41, 5.74) is 0. The molecule has 0 amide bonds. The predicted molar refractivity (Wildman–Crippen MR) is 58.0 cm³/mol. The molecule has 0 spiro atoms. The van der Waals surface area contributed by atoms with Crippen LogP contribution in [0.3, 0.4) is 0 Å². The topological polar surface area (TPSA) is 24.7 Å². The van der Waals surface area contributed by atoms with Crippen molar-refractivity contribution in [3.05, 3.63) is 24.8 Å². The Labute approximate surface area is 81.5 Å². The Morgan fingerprint density at radius 1 is 1.46 bits per heavy atom. The molecule has 0 aliphatic heterocycles. The molecule has 0 saturated heterocycles. The van der Waals surface area contributed by atoms with Gasteiger partial charge in [0.1, 0.15) is 0 Å². The largest absolute Gasteiger partial charge is 0.197 e. The molecule has 0 fully saturated rings. The van der Waals surface area contributed by atoms with E-state index >= 15 is 0 Å². The first kappa shape index (κ1) is 12.1. The lowest BCUT2D eigenvalue weighted by Crippen LogP contribution is -2.11. The van der Waals surface area contributed by atoms with Gasteiger partial charge in [-0.05, 0) is 26.7 Å². The third-order valence-corrected chi connectivity index (χ3v) is 2.12. The van der Waals surface area contributed by atoms with Gasteiger partial charge in [0.2, 0.25) is 0 Å². The van der Waals surface area contributed by atoms with Crippen LogP contribution in [0.5, 0.6) is 0 Å². The van der Waals surface area contributed by atoms with Gasteiger partial charge in [-0.25, -0.2) is 0 Å². The Morgan fingerprint density at radius 2 is 2.15 bits per heavy atom. The van der Waals surface area contributed by atoms with Crippen molar-refractivity contribution in [3.63, 3.8) is 0 Å². The molecule has 2 heteroatoms. The van der Waals surface area contributed by atoms with Crippen molar-refractivity contribution in [3.8, 4) is 0 Å². The molecule has 2 atom stereocenters. The summed E-state index contributed by atoms with van der Waals surface area (Å²) in [5, 5.41) is 7.90. The molecule has 0 aromatic heterocycles. The molecule has 0 aliphatic carbocycles. The molecule has 0 aromatic carbocycles. The van der Waals surface area contributed by atoms with Crippen LogP contribution in [0, 0.1) is 5.92 Å². The zero-order chi connectivity index (χ0) is 10.1. The number of hydrogen-bond acceptors (Lipinski definition) is 2. The summed E-state index contributed by atoms with van der Waals surface area (Å²) in [6.07, 6.45) is 8.42. The van der Waals surface area contributed by atoms with Gasteiger partial charge in [-0.3, -0.25) is 0 Å². The molecule has 74 valence electrons. The third-order valence-electron chi connectivity index (χ3n) is 2.12. The smallest absolute Gasteiger partial charge is 0.0742 e. The zero-order valence-electron chi connectivity index (χ0n) is 8.90. The highest BCUT2D eigenvalue weighted by molar-refractivity contribution is 4.88. The predicted octanol–water partition coefficient (Wildman–Crippen LogP) is 3.62. The fraction of sp³-hybridized carbons (Fsp3) is 0.636. The van der Waals surface area contributed by atoms with E-state index in [0.29, 0.717) is 5.92 Å². The van der Waals surface area contributed by atoms with Gasteiger partial charge in [0, 0.05) is 13.0 Å². The Morgan fingerprint density at radius 3 is 2.62 bits per heavy atom. The van der Waals surface area contributed by atoms with Crippen molar-refractivity contribution in [2.75, 3.05) is 7.05 Å². The van der Waals surface area contributed by atoms with Crippen LogP contribution in [-0.2, 0) is 0 Å². The van der Waals surface area contributed by atoms with Gasteiger partial charge in [-0.2, -0.15) is 10.2 Å². The molecule has 0 bridgehead atoms. The van der Waals surface area contributed by atoms with Gasteiger partial charge < -0.3 is 0 Å². The number of nitrogens with zero attached hydrogens (tertiary/aromatic N) is 2. The fourth-order valence-electron chi connectivity index (χ4n) is 1.28. The minimum absolute atomic E-state index is 0.257. The molecule has 0 saturated carbocycles. The molecular weight excluding hydrogens is 160 g/mol. The molecule has 2 unspecified atom stereocenters. The normalized spacial score (nSPS) is 16.5. The van der Waals surface area contributed by atoms with E-state index in [1.165, 1.54) is 0 Å². The summed E-state index contributed by atoms with van der Waals surface area (Å²) in [5.74, 6) is 0.444. The molecule has 0 N–H and O–H groups in total. The van der Waals surface area contributed by atoms with Crippen LogP contribution < -0.4 is 0 Å². The summed E-state index contributed by atoms with van der Waals surface area (Å²) >= 11 is 0. The maximum Gasteiger partial charge on any atom is 0.0742 e. The first-order valence-electron chi connectivity index (χ1n) is 4.78. The van der Waals surface area contributed by atoms with Crippen LogP contribution in [0.15, 0.2) is 35.0 Å². The van der Waals surface area contributed by atoms with E-state index in [4.69, 9.17) is 0 Å². The second kappa shape index (κ2) is 7.71. The highest BCUT2D eigenvalue weighted by Gasteiger charge is 2.11. The standard InChI is InChI=1S/C11H20N2/c1-5-7-8-9-11(6-2)10(3)13-12-4/h5-7,10-11H,2,8-9H2,1,3-4H3. The minimum Gasteiger partial charge on any atom is -0.197 e.